The predicted molar refractivity (Wildman–Crippen MR) is 103 cm³/mol. The van der Waals surface area contributed by atoms with Crippen LogP contribution in [0.1, 0.15) is 50.7 Å². The highest BCUT2D eigenvalue weighted by molar-refractivity contribution is 6.37. The van der Waals surface area contributed by atoms with E-state index < -0.39 is 0 Å². The lowest BCUT2D eigenvalue weighted by Crippen LogP contribution is -2.00. The van der Waals surface area contributed by atoms with E-state index in [1.807, 2.05) is 18.2 Å². The largest absolute Gasteiger partial charge is 0.508 e. The number of unbranched alkanes of at least 4 members (excludes halogenated alkanes) is 2. The van der Waals surface area contributed by atoms with E-state index in [-0.39, 0.29) is 0 Å². The lowest BCUT2D eigenvalue weighted by Gasteiger charge is -2.17. The number of benzene rings is 2. The van der Waals surface area contributed by atoms with Crippen LogP contribution >= 0.6 is 11.6 Å². The third-order valence-corrected chi connectivity index (χ3v) is 5.08. The molecule has 0 radical (unpaired) electrons. The quantitative estimate of drug-likeness (QED) is 0.572. The number of phenols is 1. The van der Waals surface area contributed by atoms with Crippen LogP contribution in [0.25, 0.3) is 22.2 Å². The van der Waals surface area contributed by atoms with Crippen LogP contribution in [-0.4, -0.2) is 20.5 Å². The number of hydrogen-bond acceptors (Lipinski definition) is 3. The Hall–Kier alpha value is -2.07. The van der Waals surface area contributed by atoms with Crippen LogP contribution in [0.3, 0.4) is 0 Å². The molecule has 0 unspecified atom stereocenters. The minimum Gasteiger partial charge on any atom is -0.508 e. The molecule has 0 atom stereocenters. The first-order chi connectivity index (χ1) is 12.2. The van der Waals surface area contributed by atoms with Crippen LogP contribution in [0.4, 0.5) is 0 Å². The van der Waals surface area contributed by atoms with Crippen LogP contribution in [0.15, 0.2) is 24.3 Å². The number of aromatic nitrogens is 3. The summed E-state index contributed by atoms with van der Waals surface area (Å²) in [5.41, 5.74) is 5.82. The van der Waals surface area contributed by atoms with E-state index in [9.17, 15) is 5.11 Å². The normalized spacial score (nSPS) is 11.3. The van der Waals surface area contributed by atoms with Crippen molar-refractivity contribution >= 4 is 22.6 Å². The fourth-order valence-electron chi connectivity index (χ4n) is 3.29. The maximum absolute atomic E-state index is 10.4. The number of rotatable bonds is 7. The zero-order valence-electron chi connectivity index (χ0n) is 14.8. The lowest BCUT2D eigenvalue weighted by molar-refractivity contribution is 0.465. The first kappa shape index (κ1) is 17.7. The highest BCUT2D eigenvalue weighted by Gasteiger charge is 2.17. The fraction of sp³-hybridized carbons (Fsp3) is 0.400. The molecule has 4 nitrogen and oxygen atoms in total. The molecule has 1 aromatic heterocycles. The molecule has 0 bridgehead atoms. The molecule has 5 heteroatoms. The van der Waals surface area contributed by atoms with Gasteiger partial charge in [0.1, 0.15) is 11.3 Å². The van der Waals surface area contributed by atoms with Crippen molar-refractivity contribution in [1.82, 2.24) is 15.4 Å². The average Bonchev–Trinajstić information content (AvgIpc) is 3.09. The molecule has 0 fully saturated rings. The zero-order valence-corrected chi connectivity index (χ0v) is 15.5. The molecular formula is C20H24ClN3O. The smallest absolute Gasteiger partial charge is 0.132 e. The van der Waals surface area contributed by atoms with Gasteiger partial charge in [0.15, 0.2) is 0 Å². The summed E-state index contributed by atoms with van der Waals surface area (Å²) in [6.07, 6.45) is 6.18. The number of halogens is 1. The second-order valence-corrected chi connectivity index (χ2v) is 6.81. The number of fused-ring (bicyclic) bond motifs is 1. The van der Waals surface area contributed by atoms with Crippen LogP contribution in [0.2, 0.25) is 5.02 Å². The molecule has 132 valence electrons. The summed E-state index contributed by atoms with van der Waals surface area (Å²) in [7, 11) is 0. The minimum absolute atomic E-state index is 0.391. The van der Waals surface area contributed by atoms with E-state index in [0.29, 0.717) is 16.3 Å². The standard InChI is InChI=1S/C20H24ClN3O/c1-3-5-7-13-14(10-12-18(25)15(13)8-6-4-2)16-9-11-17-20(19(16)21)23-24-22-17/h9-12,25H,3-8H2,1-2H3,(H,22,23,24). The molecule has 0 aliphatic heterocycles. The molecule has 3 aromatic rings. The molecule has 2 aromatic carbocycles. The Balaban J connectivity index is 2.17. The van der Waals surface area contributed by atoms with Gasteiger partial charge in [-0.05, 0) is 54.5 Å². The summed E-state index contributed by atoms with van der Waals surface area (Å²) in [5.74, 6) is 0.391. The molecule has 0 spiro atoms. The maximum atomic E-state index is 10.4. The number of phenolic OH excluding ortho intramolecular Hbond substituents is 1. The van der Waals surface area contributed by atoms with Crippen molar-refractivity contribution in [2.75, 3.05) is 0 Å². The Kier molecular flexibility index (Phi) is 5.59. The summed E-state index contributed by atoms with van der Waals surface area (Å²) < 4.78 is 0. The number of hydrogen-bond donors (Lipinski definition) is 2. The van der Waals surface area contributed by atoms with Gasteiger partial charge in [0.2, 0.25) is 0 Å². The highest BCUT2D eigenvalue weighted by atomic mass is 35.5. The molecule has 0 saturated carbocycles. The number of aromatic amines is 1. The topological polar surface area (TPSA) is 61.8 Å². The summed E-state index contributed by atoms with van der Waals surface area (Å²) in [4.78, 5) is 0. The van der Waals surface area contributed by atoms with Crippen molar-refractivity contribution < 1.29 is 5.11 Å². The van der Waals surface area contributed by atoms with Crippen LogP contribution in [-0.2, 0) is 12.8 Å². The maximum Gasteiger partial charge on any atom is 0.132 e. The van der Waals surface area contributed by atoms with Gasteiger partial charge in [-0.15, -0.1) is 5.10 Å². The van der Waals surface area contributed by atoms with Gasteiger partial charge < -0.3 is 5.11 Å². The molecule has 0 amide bonds. The fourth-order valence-corrected chi connectivity index (χ4v) is 3.60. The average molecular weight is 358 g/mol. The Morgan fingerprint density at radius 2 is 1.64 bits per heavy atom. The summed E-state index contributed by atoms with van der Waals surface area (Å²) in [5, 5.41) is 21.8. The number of aromatic hydroxyl groups is 1. The van der Waals surface area contributed by atoms with Gasteiger partial charge in [0.05, 0.1) is 10.5 Å². The number of nitrogens with zero attached hydrogens (tertiary/aromatic N) is 2. The molecule has 25 heavy (non-hydrogen) atoms. The Bertz CT molecular complexity index is 873. The van der Waals surface area contributed by atoms with Crippen molar-refractivity contribution in [3.63, 3.8) is 0 Å². The zero-order chi connectivity index (χ0) is 17.8. The van der Waals surface area contributed by atoms with Crippen molar-refractivity contribution in [1.29, 1.82) is 0 Å². The second kappa shape index (κ2) is 7.87. The Labute approximate surface area is 153 Å². The molecule has 2 N–H and O–H groups in total. The Morgan fingerprint density at radius 1 is 0.960 bits per heavy atom. The van der Waals surface area contributed by atoms with E-state index in [1.165, 1.54) is 5.56 Å². The molecule has 3 rings (SSSR count). The van der Waals surface area contributed by atoms with Crippen molar-refractivity contribution in [2.45, 2.75) is 52.4 Å². The van der Waals surface area contributed by atoms with Crippen molar-refractivity contribution in [3.05, 3.63) is 40.4 Å². The van der Waals surface area contributed by atoms with Gasteiger partial charge >= 0.3 is 0 Å². The van der Waals surface area contributed by atoms with Crippen LogP contribution in [0, 0.1) is 0 Å². The molecule has 1 heterocycles. The highest BCUT2D eigenvalue weighted by Crippen LogP contribution is 2.39. The first-order valence-electron chi connectivity index (χ1n) is 9.00. The van der Waals surface area contributed by atoms with Gasteiger partial charge in [-0.25, -0.2) is 0 Å². The van der Waals surface area contributed by atoms with E-state index >= 15 is 0 Å². The van der Waals surface area contributed by atoms with E-state index in [1.54, 1.807) is 6.07 Å². The predicted octanol–water partition coefficient (Wildman–Crippen LogP) is 5.67. The molecular weight excluding hydrogens is 334 g/mol. The summed E-state index contributed by atoms with van der Waals surface area (Å²) in [6, 6.07) is 7.73. The van der Waals surface area contributed by atoms with Crippen LogP contribution < -0.4 is 0 Å². The SMILES string of the molecule is CCCCc1c(O)ccc(-c2ccc3[nH]nnc3c2Cl)c1CCCC. The molecule has 0 aliphatic rings. The molecule has 0 aliphatic carbocycles. The van der Waals surface area contributed by atoms with Gasteiger partial charge in [0, 0.05) is 5.56 Å². The monoisotopic (exact) mass is 357 g/mol. The van der Waals surface area contributed by atoms with Gasteiger partial charge in [-0.2, -0.15) is 0 Å². The summed E-state index contributed by atoms with van der Waals surface area (Å²) >= 11 is 6.63. The third kappa shape index (κ3) is 3.49. The van der Waals surface area contributed by atoms with Crippen LogP contribution in [0.5, 0.6) is 5.75 Å². The van der Waals surface area contributed by atoms with E-state index in [4.69, 9.17) is 11.6 Å². The molecule has 0 saturated heterocycles. The van der Waals surface area contributed by atoms with E-state index in [2.05, 4.69) is 29.3 Å². The number of nitrogens with one attached hydrogen (secondary N) is 1. The summed E-state index contributed by atoms with van der Waals surface area (Å²) in [6.45, 7) is 4.35. The van der Waals surface area contributed by atoms with Gasteiger partial charge in [0.25, 0.3) is 0 Å². The van der Waals surface area contributed by atoms with E-state index in [0.717, 1.165) is 60.7 Å². The van der Waals surface area contributed by atoms with Gasteiger partial charge in [-0.3, -0.25) is 5.10 Å². The second-order valence-electron chi connectivity index (χ2n) is 6.43. The van der Waals surface area contributed by atoms with Crippen molar-refractivity contribution in [2.24, 2.45) is 0 Å². The van der Waals surface area contributed by atoms with Crippen molar-refractivity contribution in [3.8, 4) is 16.9 Å². The minimum atomic E-state index is 0.391. The first-order valence-corrected chi connectivity index (χ1v) is 9.38. The Morgan fingerprint density at radius 3 is 2.36 bits per heavy atom. The lowest BCUT2D eigenvalue weighted by atomic mass is 9.89. The number of H-pyrrole nitrogens is 1. The third-order valence-electron chi connectivity index (χ3n) is 4.69. The van der Waals surface area contributed by atoms with Gasteiger partial charge in [-0.1, -0.05) is 55.6 Å².